The number of likely N-dealkylation sites (N-methyl/N-ethyl adjacent to an activating group) is 1. The van der Waals surface area contributed by atoms with E-state index in [1.54, 1.807) is 12.4 Å². The van der Waals surface area contributed by atoms with Crippen LogP contribution in [0.25, 0.3) is 16.4 Å². The maximum atomic E-state index is 13.6. The van der Waals surface area contributed by atoms with Crippen LogP contribution in [-0.2, 0) is 22.6 Å². The van der Waals surface area contributed by atoms with Crippen LogP contribution < -0.4 is 5.32 Å². The van der Waals surface area contributed by atoms with Crippen molar-refractivity contribution >= 4 is 27.9 Å². The van der Waals surface area contributed by atoms with Crippen LogP contribution in [0, 0.1) is 5.82 Å². The molecule has 0 spiro atoms. The molecule has 0 bridgehead atoms. The van der Waals surface area contributed by atoms with Crippen LogP contribution in [0.2, 0.25) is 0 Å². The second-order valence-corrected chi connectivity index (χ2v) is 8.94. The van der Waals surface area contributed by atoms with E-state index in [1.165, 1.54) is 12.1 Å². The van der Waals surface area contributed by atoms with E-state index in [9.17, 15) is 4.39 Å². The Kier molecular flexibility index (Phi) is 6.06. The van der Waals surface area contributed by atoms with Crippen molar-refractivity contribution in [3.63, 3.8) is 0 Å². The molecular formula is C26H26FN7O2. The number of hydrogen-bond acceptors (Lipinski definition) is 7. The minimum atomic E-state index is -0.247. The quantitative estimate of drug-likeness (QED) is 0.356. The van der Waals surface area contributed by atoms with Crippen molar-refractivity contribution in [2.45, 2.75) is 19.4 Å². The molecule has 1 fully saturated rings. The summed E-state index contributed by atoms with van der Waals surface area (Å²) < 4.78 is 28.4. The van der Waals surface area contributed by atoms with Gasteiger partial charge in [0.1, 0.15) is 17.7 Å². The van der Waals surface area contributed by atoms with Gasteiger partial charge in [0.05, 0.1) is 31.5 Å². The number of nitrogens with one attached hydrogen (secondary N) is 1. The van der Waals surface area contributed by atoms with E-state index in [0.29, 0.717) is 32.8 Å². The summed E-state index contributed by atoms with van der Waals surface area (Å²) in [6.45, 7) is 3.17. The van der Waals surface area contributed by atoms with Crippen molar-refractivity contribution in [2.75, 3.05) is 32.1 Å². The van der Waals surface area contributed by atoms with Crippen LogP contribution in [0.3, 0.4) is 0 Å². The van der Waals surface area contributed by atoms with E-state index in [0.717, 1.165) is 39.1 Å². The summed E-state index contributed by atoms with van der Waals surface area (Å²) in [6.07, 6.45) is 5.11. The summed E-state index contributed by atoms with van der Waals surface area (Å²) in [6, 6.07) is 14.7. The van der Waals surface area contributed by atoms with Gasteiger partial charge in [-0.2, -0.15) is 10.2 Å². The van der Waals surface area contributed by atoms with Gasteiger partial charge in [0.25, 0.3) is 0 Å². The van der Waals surface area contributed by atoms with Gasteiger partial charge in [-0.05, 0) is 54.6 Å². The fourth-order valence-corrected chi connectivity index (χ4v) is 4.60. The molecule has 36 heavy (non-hydrogen) atoms. The zero-order chi connectivity index (χ0) is 24.5. The van der Waals surface area contributed by atoms with Crippen LogP contribution in [-0.4, -0.2) is 62.4 Å². The van der Waals surface area contributed by atoms with Gasteiger partial charge in [-0.15, -0.1) is 0 Å². The summed E-state index contributed by atoms with van der Waals surface area (Å²) >= 11 is 0. The second-order valence-electron chi connectivity index (χ2n) is 8.94. The Labute approximate surface area is 207 Å². The Morgan fingerprint density at radius 3 is 2.86 bits per heavy atom. The van der Waals surface area contributed by atoms with Crippen LogP contribution in [0.1, 0.15) is 11.1 Å². The zero-order valence-electron chi connectivity index (χ0n) is 19.8. The van der Waals surface area contributed by atoms with Crippen LogP contribution in [0.4, 0.5) is 15.9 Å². The van der Waals surface area contributed by atoms with Gasteiger partial charge in [-0.1, -0.05) is 12.1 Å². The molecule has 9 nitrogen and oxygen atoms in total. The molecule has 2 aromatic carbocycles. The minimum absolute atomic E-state index is 0.189. The number of aromatic nitrogens is 5. The van der Waals surface area contributed by atoms with Crippen molar-refractivity contribution in [3.8, 4) is 0 Å². The highest BCUT2D eigenvalue weighted by Gasteiger charge is 2.19. The largest absolute Gasteiger partial charge is 0.349 e. The lowest BCUT2D eigenvalue weighted by atomic mass is 10.2. The fourth-order valence-electron chi connectivity index (χ4n) is 4.60. The monoisotopic (exact) mass is 487 g/mol. The average Bonchev–Trinajstić information content (AvgIpc) is 3.61. The van der Waals surface area contributed by atoms with E-state index in [-0.39, 0.29) is 12.1 Å². The van der Waals surface area contributed by atoms with Crippen molar-refractivity contribution in [2.24, 2.45) is 0 Å². The predicted molar refractivity (Wildman–Crippen MR) is 134 cm³/mol. The Bertz CT molecular complexity index is 1510. The molecule has 10 heteroatoms. The Morgan fingerprint density at radius 1 is 1.11 bits per heavy atom. The van der Waals surface area contributed by atoms with Crippen LogP contribution >= 0.6 is 0 Å². The third-order valence-corrected chi connectivity index (χ3v) is 6.26. The maximum absolute atomic E-state index is 13.6. The number of halogens is 1. The topological polar surface area (TPSA) is 81.7 Å². The lowest BCUT2D eigenvalue weighted by Gasteiger charge is -2.20. The van der Waals surface area contributed by atoms with Gasteiger partial charge in [0.15, 0.2) is 12.1 Å². The van der Waals surface area contributed by atoms with Gasteiger partial charge in [-0.25, -0.2) is 13.9 Å². The lowest BCUT2D eigenvalue weighted by molar-refractivity contribution is -0.0592. The van der Waals surface area contributed by atoms with E-state index in [2.05, 4.69) is 31.5 Å². The highest BCUT2D eigenvalue weighted by molar-refractivity contribution is 5.85. The Hall–Kier alpha value is -3.86. The molecule has 1 aliphatic rings. The van der Waals surface area contributed by atoms with Crippen LogP contribution in [0.15, 0.2) is 67.3 Å². The molecular weight excluding hydrogens is 461 g/mol. The van der Waals surface area contributed by atoms with Gasteiger partial charge < -0.3 is 14.8 Å². The number of ether oxygens (including phenoxy) is 2. The molecule has 184 valence electrons. The van der Waals surface area contributed by atoms with Gasteiger partial charge >= 0.3 is 0 Å². The Balaban J connectivity index is 1.23. The molecule has 1 N–H and O–H groups in total. The highest BCUT2D eigenvalue weighted by Crippen LogP contribution is 2.26. The average molecular weight is 488 g/mol. The fraction of sp³-hybridized carbons (Fsp3) is 0.269. The first-order valence-corrected chi connectivity index (χ1v) is 11.8. The third-order valence-electron chi connectivity index (χ3n) is 6.26. The molecule has 3 aromatic heterocycles. The molecule has 4 heterocycles. The first-order chi connectivity index (χ1) is 17.6. The summed E-state index contributed by atoms with van der Waals surface area (Å²) in [4.78, 5) is 6.70. The summed E-state index contributed by atoms with van der Waals surface area (Å²) in [5.74, 6) is 0.473. The number of benzene rings is 2. The van der Waals surface area contributed by atoms with E-state index < -0.39 is 0 Å². The summed E-state index contributed by atoms with van der Waals surface area (Å²) in [5, 5.41) is 13.3. The smallest absolute Gasteiger partial charge is 0.170 e. The molecule has 5 aromatic rings. The van der Waals surface area contributed by atoms with Crippen molar-refractivity contribution in [1.29, 1.82) is 0 Å². The predicted octanol–water partition coefficient (Wildman–Crippen LogP) is 3.81. The number of rotatable bonds is 8. The molecule has 0 unspecified atom stereocenters. The van der Waals surface area contributed by atoms with Gasteiger partial charge in [0.2, 0.25) is 0 Å². The minimum Gasteiger partial charge on any atom is -0.349 e. The summed E-state index contributed by atoms with van der Waals surface area (Å²) in [5.41, 5.74) is 4.74. The Morgan fingerprint density at radius 2 is 2.00 bits per heavy atom. The zero-order valence-corrected chi connectivity index (χ0v) is 19.8. The highest BCUT2D eigenvalue weighted by atomic mass is 19.1. The van der Waals surface area contributed by atoms with Crippen molar-refractivity contribution in [1.82, 2.24) is 29.3 Å². The van der Waals surface area contributed by atoms with E-state index >= 15 is 0 Å². The molecule has 0 radical (unpaired) electrons. The molecule has 0 aliphatic carbocycles. The number of nitrogens with zero attached hydrogens (tertiary/aromatic N) is 6. The molecule has 0 amide bonds. The molecule has 1 saturated heterocycles. The number of anilines is 2. The maximum Gasteiger partial charge on any atom is 0.170 e. The van der Waals surface area contributed by atoms with E-state index in [1.807, 2.05) is 52.9 Å². The molecule has 6 rings (SSSR count). The molecule has 1 aliphatic heterocycles. The number of fused-ring (bicyclic) bond motifs is 2. The number of hydrogen-bond donors (Lipinski definition) is 1. The van der Waals surface area contributed by atoms with Crippen molar-refractivity contribution in [3.05, 3.63) is 84.2 Å². The normalized spacial score (nSPS) is 14.4. The SMILES string of the molecule is CN(Cc1ccn2ncnc(Nc3ccc4c(cnn4Cc4cccc(F)c4)c3)c12)CC1OCCO1. The van der Waals surface area contributed by atoms with Gasteiger partial charge in [0, 0.05) is 30.4 Å². The standard InChI is InChI=1S/C26H26FN7O2/c1-32(16-24-35-9-10-36-24)15-19-7-8-33-25(19)26(28-17-30-33)31-22-5-6-23-20(12-22)13-29-34(23)14-18-3-2-4-21(27)11-18/h2-8,11-13,17,24H,9-10,14-16H2,1H3,(H,28,30,31). The summed E-state index contributed by atoms with van der Waals surface area (Å²) in [7, 11) is 2.04. The first-order valence-electron chi connectivity index (χ1n) is 11.8. The van der Waals surface area contributed by atoms with Crippen LogP contribution in [0.5, 0.6) is 0 Å². The second kappa shape index (κ2) is 9.65. The van der Waals surface area contributed by atoms with Gasteiger partial charge in [-0.3, -0.25) is 9.58 Å². The molecule has 0 saturated carbocycles. The third kappa shape index (κ3) is 4.66. The van der Waals surface area contributed by atoms with E-state index in [4.69, 9.17) is 9.47 Å². The lowest BCUT2D eigenvalue weighted by Crippen LogP contribution is -2.29. The van der Waals surface area contributed by atoms with Crippen molar-refractivity contribution < 1.29 is 13.9 Å². The molecule has 0 atom stereocenters. The first kappa shape index (κ1) is 22.6.